The number of carbonyl (C=O) groups excluding carboxylic acids is 1. The molecule has 2 amide bonds. The molecule has 0 aromatic heterocycles. The molecule has 0 saturated carbocycles. The summed E-state index contributed by atoms with van der Waals surface area (Å²) in [6.45, 7) is 0. The van der Waals surface area contributed by atoms with Gasteiger partial charge in [0.25, 0.3) is 0 Å². The Kier molecular flexibility index (Phi) is 2.86. The topological polar surface area (TPSA) is 46.3 Å². The summed E-state index contributed by atoms with van der Waals surface area (Å²) in [5.74, 6) is 0. The van der Waals surface area contributed by atoms with E-state index in [1.165, 1.54) is 21.5 Å². The van der Waals surface area contributed by atoms with E-state index in [1.807, 2.05) is 24.3 Å². The summed E-state index contributed by atoms with van der Waals surface area (Å²) in [5.41, 5.74) is 6.11. The number of primary amides is 1. The zero-order chi connectivity index (χ0) is 17.8. The monoisotopic (exact) mass is 334 g/mol. The molecule has 5 rings (SSSR count). The van der Waals surface area contributed by atoms with Crippen molar-refractivity contribution in [2.24, 2.45) is 5.73 Å². The number of carbonyl (C=O) groups is 1. The molecule has 0 atom stereocenters. The highest BCUT2D eigenvalue weighted by Crippen LogP contribution is 2.42. The van der Waals surface area contributed by atoms with Gasteiger partial charge in [-0.1, -0.05) is 67.1 Å². The Labute approximate surface area is 149 Å². The second-order valence-electron chi connectivity index (χ2n) is 6.37. The van der Waals surface area contributed by atoms with Gasteiger partial charge in [0.1, 0.15) is 0 Å². The lowest BCUT2D eigenvalue weighted by molar-refractivity contribution is 0.256. The van der Waals surface area contributed by atoms with Crippen LogP contribution in [0.2, 0.25) is 0 Å². The Morgan fingerprint density at radius 3 is 1.92 bits per heavy atom. The molecule has 0 unspecified atom stereocenters. The van der Waals surface area contributed by atoms with Gasteiger partial charge in [-0.25, -0.2) is 9.69 Å². The third-order valence-corrected chi connectivity index (χ3v) is 5.09. The second kappa shape index (κ2) is 5.11. The van der Waals surface area contributed by atoms with E-state index < -0.39 is 6.03 Å². The number of terminal acetylenes is 1. The number of amides is 2. The lowest BCUT2D eigenvalue weighted by Gasteiger charge is -2.19. The Morgan fingerprint density at radius 2 is 1.31 bits per heavy atom. The molecule has 0 radical (unpaired) electrons. The van der Waals surface area contributed by atoms with Gasteiger partial charge in [0, 0.05) is 11.4 Å². The van der Waals surface area contributed by atoms with Crippen LogP contribution < -0.4 is 10.6 Å². The summed E-state index contributed by atoms with van der Waals surface area (Å²) in [4.78, 5) is 12.9. The minimum Gasteiger partial charge on any atom is -0.350 e. The lowest BCUT2D eigenvalue weighted by Crippen LogP contribution is -2.31. The van der Waals surface area contributed by atoms with Gasteiger partial charge in [-0.2, -0.15) is 0 Å². The maximum absolute atomic E-state index is 11.8. The van der Waals surface area contributed by atoms with Crippen LogP contribution in [-0.4, -0.2) is 6.03 Å². The third-order valence-electron chi connectivity index (χ3n) is 5.09. The number of urea groups is 1. The van der Waals surface area contributed by atoms with Crippen molar-refractivity contribution in [1.29, 1.82) is 0 Å². The molecular formula is C23H14N2O. The van der Waals surface area contributed by atoms with Crippen LogP contribution in [0, 0.1) is 12.5 Å². The van der Waals surface area contributed by atoms with Gasteiger partial charge in [-0.15, -0.1) is 0 Å². The molecule has 0 heterocycles. The number of anilines is 1. The summed E-state index contributed by atoms with van der Waals surface area (Å²) in [6.07, 6.45) is 5.53. The van der Waals surface area contributed by atoms with Crippen LogP contribution in [-0.2, 0) is 0 Å². The van der Waals surface area contributed by atoms with Crippen molar-refractivity contribution in [2.75, 3.05) is 4.90 Å². The average molecular weight is 334 g/mol. The quantitative estimate of drug-likeness (QED) is 0.194. The van der Waals surface area contributed by atoms with Gasteiger partial charge in [0.05, 0.1) is 5.69 Å². The Balaban J connectivity index is 2.07. The number of fused-ring (bicyclic) bond motifs is 2. The van der Waals surface area contributed by atoms with Crippen molar-refractivity contribution in [3.05, 3.63) is 66.7 Å². The van der Waals surface area contributed by atoms with E-state index in [1.54, 1.807) is 0 Å². The number of benzene rings is 5. The first kappa shape index (κ1) is 14.6. The van der Waals surface area contributed by atoms with Gasteiger partial charge in [0.15, 0.2) is 0 Å². The van der Waals surface area contributed by atoms with E-state index >= 15 is 0 Å². The fourth-order valence-corrected chi connectivity index (χ4v) is 4.08. The summed E-state index contributed by atoms with van der Waals surface area (Å²) in [7, 11) is 0. The second-order valence-corrected chi connectivity index (χ2v) is 6.37. The fourth-order valence-electron chi connectivity index (χ4n) is 4.08. The van der Waals surface area contributed by atoms with Crippen molar-refractivity contribution in [3.63, 3.8) is 0 Å². The molecule has 0 aliphatic rings. The molecular weight excluding hydrogens is 320 g/mol. The van der Waals surface area contributed by atoms with Crippen LogP contribution in [0.4, 0.5) is 10.5 Å². The highest BCUT2D eigenvalue weighted by Gasteiger charge is 2.18. The largest absolute Gasteiger partial charge is 0.350 e. The molecule has 0 fully saturated rings. The predicted octanol–water partition coefficient (Wildman–Crippen LogP) is 5.21. The lowest BCUT2D eigenvalue weighted by atomic mass is 9.89. The number of hydrogen-bond donors (Lipinski definition) is 1. The number of rotatable bonds is 1. The van der Waals surface area contributed by atoms with E-state index in [9.17, 15) is 4.79 Å². The standard InChI is InChI=1S/C23H14N2O/c1-2-25(23(24)26)20-13-12-18-16-9-4-7-14-6-3-8-15(21(14)16)17-10-5-11-19(20)22(17)18/h1,3-13H,(H2,24,26). The van der Waals surface area contributed by atoms with Crippen molar-refractivity contribution < 1.29 is 4.79 Å². The number of nitrogens with zero attached hydrogens (tertiary/aromatic N) is 1. The van der Waals surface area contributed by atoms with Gasteiger partial charge in [0.2, 0.25) is 0 Å². The highest BCUT2D eigenvalue weighted by molar-refractivity contribution is 6.34. The normalized spacial score (nSPS) is 11.3. The Bertz CT molecular complexity index is 1330. The fraction of sp³-hybridized carbons (Fsp3) is 0. The highest BCUT2D eigenvalue weighted by atomic mass is 16.2. The molecule has 3 nitrogen and oxygen atoms in total. The average Bonchev–Trinajstić information content (AvgIpc) is 2.67. The first-order chi connectivity index (χ1) is 12.7. The molecule has 0 aliphatic carbocycles. The molecule has 2 N–H and O–H groups in total. The molecule has 3 heteroatoms. The smallest absolute Gasteiger partial charge is 0.331 e. The molecule has 0 saturated heterocycles. The number of hydrogen-bond acceptors (Lipinski definition) is 1. The van der Waals surface area contributed by atoms with Crippen LogP contribution in [0.15, 0.2) is 66.7 Å². The van der Waals surface area contributed by atoms with Crippen LogP contribution in [0.1, 0.15) is 0 Å². The van der Waals surface area contributed by atoms with Gasteiger partial charge in [-0.3, -0.25) is 0 Å². The SMILES string of the molecule is C#CN(C(N)=O)c1ccc2c3cccc4cccc(c5cccc1c52)c43. The van der Waals surface area contributed by atoms with Gasteiger partial charge >= 0.3 is 6.03 Å². The van der Waals surface area contributed by atoms with E-state index in [-0.39, 0.29) is 0 Å². The minimum atomic E-state index is -0.661. The molecule has 0 bridgehead atoms. The van der Waals surface area contributed by atoms with Crippen molar-refractivity contribution >= 4 is 54.8 Å². The van der Waals surface area contributed by atoms with Crippen LogP contribution >= 0.6 is 0 Å². The summed E-state index contributed by atoms with van der Waals surface area (Å²) < 4.78 is 0. The summed E-state index contributed by atoms with van der Waals surface area (Å²) in [5, 5.41) is 9.16. The van der Waals surface area contributed by atoms with Crippen LogP contribution in [0.5, 0.6) is 0 Å². The molecule has 26 heavy (non-hydrogen) atoms. The zero-order valence-electron chi connectivity index (χ0n) is 13.9. The van der Waals surface area contributed by atoms with Crippen molar-refractivity contribution in [2.45, 2.75) is 0 Å². The predicted molar refractivity (Wildman–Crippen MR) is 109 cm³/mol. The third kappa shape index (κ3) is 1.76. The molecule has 122 valence electrons. The Hall–Kier alpha value is -3.77. The van der Waals surface area contributed by atoms with Gasteiger partial charge in [-0.05, 0) is 43.8 Å². The zero-order valence-corrected chi connectivity index (χ0v) is 13.9. The molecule has 5 aromatic carbocycles. The minimum absolute atomic E-state index is 0.632. The number of nitrogens with two attached hydrogens (primary N) is 1. The van der Waals surface area contributed by atoms with Gasteiger partial charge < -0.3 is 5.73 Å². The van der Waals surface area contributed by atoms with E-state index in [2.05, 4.69) is 48.5 Å². The van der Waals surface area contributed by atoms with E-state index in [0.29, 0.717) is 5.69 Å². The first-order valence-corrected chi connectivity index (χ1v) is 8.35. The van der Waals surface area contributed by atoms with Crippen LogP contribution in [0.3, 0.4) is 0 Å². The Morgan fingerprint density at radius 1 is 0.769 bits per heavy atom. The van der Waals surface area contributed by atoms with Crippen LogP contribution in [0.25, 0.3) is 43.1 Å². The van der Waals surface area contributed by atoms with Crippen molar-refractivity contribution in [1.82, 2.24) is 0 Å². The van der Waals surface area contributed by atoms with E-state index in [4.69, 9.17) is 12.2 Å². The first-order valence-electron chi connectivity index (χ1n) is 8.35. The van der Waals surface area contributed by atoms with Crippen molar-refractivity contribution in [3.8, 4) is 12.5 Å². The maximum atomic E-state index is 11.8. The maximum Gasteiger partial charge on any atom is 0.331 e. The molecule has 5 aromatic rings. The molecule has 0 spiro atoms. The molecule has 0 aliphatic heterocycles. The van der Waals surface area contributed by atoms with E-state index in [0.717, 1.165) is 26.4 Å². The summed E-state index contributed by atoms with van der Waals surface area (Å²) >= 11 is 0. The summed E-state index contributed by atoms with van der Waals surface area (Å²) in [6, 6.07) is 24.4.